The molecule has 1 aromatic rings. The number of aliphatic carboxylic acids is 1. The van der Waals surface area contributed by atoms with E-state index in [1.165, 1.54) is 0 Å². The molecule has 1 rings (SSSR count). The molecule has 0 spiro atoms. The van der Waals surface area contributed by atoms with Gasteiger partial charge in [-0.2, -0.15) is 0 Å². The monoisotopic (exact) mass is 286 g/mol. The Morgan fingerprint density at radius 1 is 1.47 bits per heavy atom. The molecule has 1 atom stereocenters. The van der Waals surface area contributed by atoms with E-state index < -0.39 is 5.97 Å². The summed E-state index contributed by atoms with van der Waals surface area (Å²) in [6.45, 7) is 4.55. The Morgan fingerprint density at radius 2 is 2.16 bits per heavy atom. The van der Waals surface area contributed by atoms with Crippen LogP contribution in [-0.4, -0.2) is 27.6 Å². The third kappa shape index (κ3) is 4.59. The van der Waals surface area contributed by atoms with E-state index >= 15 is 0 Å². The molecule has 106 valence electrons. The first-order chi connectivity index (χ1) is 8.97. The lowest BCUT2D eigenvalue weighted by atomic mass is 10.1. The number of halogens is 1. The van der Waals surface area contributed by atoms with E-state index in [4.69, 9.17) is 16.7 Å². The minimum Gasteiger partial charge on any atom is -0.481 e. The standard InChI is InChI=1S/C13H19ClN2O3/c1-3-5-16-8-9(14)6-11(16)13(19)15-10(4-2)7-12(17)18/h6,8,10H,3-5,7H2,1-2H3,(H,15,19)(H,17,18). The molecule has 1 unspecified atom stereocenters. The van der Waals surface area contributed by atoms with Crippen LogP contribution in [0.25, 0.3) is 0 Å². The summed E-state index contributed by atoms with van der Waals surface area (Å²) in [5, 5.41) is 12.0. The molecule has 0 aliphatic carbocycles. The maximum absolute atomic E-state index is 12.1. The summed E-state index contributed by atoms with van der Waals surface area (Å²) in [4.78, 5) is 22.8. The number of hydrogen-bond acceptors (Lipinski definition) is 2. The Labute approximate surface area is 117 Å². The Kier molecular flexibility index (Phi) is 5.89. The maximum atomic E-state index is 12.1. The van der Waals surface area contributed by atoms with E-state index in [2.05, 4.69) is 5.32 Å². The summed E-state index contributed by atoms with van der Waals surface area (Å²) < 4.78 is 1.78. The number of carbonyl (C=O) groups is 2. The Balaban J connectivity index is 2.78. The van der Waals surface area contributed by atoms with Gasteiger partial charge in [0.2, 0.25) is 0 Å². The minimum atomic E-state index is -0.922. The van der Waals surface area contributed by atoms with Crippen LogP contribution in [0.15, 0.2) is 12.3 Å². The van der Waals surface area contributed by atoms with Crippen molar-refractivity contribution in [2.45, 2.75) is 45.7 Å². The van der Waals surface area contributed by atoms with Gasteiger partial charge in [-0.05, 0) is 18.9 Å². The van der Waals surface area contributed by atoms with Crippen molar-refractivity contribution in [2.75, 3.05) is 0 Å². The van der Waals surface area contributed by atoms with Crippen LogP contribution in [0.5, 0.6) is 0 Å². The molecule has 0 saturated carbocycles. The number of rotatable bonds is 7. The molecule has 0 saturated heterocycles. The van der Waals surface area contributed by atoms with Gasteiger partial charge in [0.15, 0.2) is 0 Å². The number of nitrogens with one attached hydrogen (secondary N) is 1. The zero-order valence-electron chi connectivity index (χ0n) is 11.1. The van der Waals surface area contributed by atoms with E-state index in [0.717, 1.165) is 6.42 Å². The highest BCUT2D eigenvalue weighted by molar-refractivity contribution is 6.31. The van der Waals surface area contributed by atoms with Crippen molar-refractivity contribution in [2.24, 2.45) is 0 Å². The first kappa shape index (κ1) is 15.6. The number of aryl methyl sites for hydroxylation is 1. The number of nitrogens with zero attached hydrogens (tertiary/aromatic N) is 1. The first-order valence-electron chi connectivity index (χ1n) is 6.36. The topological polar surface area (TPSA) is 71.3 Å². The lowest BCUT2D eigenvalue weighted by molar-refractivity contribution is -0.137. The molecule has 0 bridgehead atoms. The van der Waals surface area contributed by atoms with Gasteiger partial charge in [-0.3, -0.25) is 9.59 Å². The van der Waals surface area contributed by atoms with E-state index in [1.807, 2.05) is 13.8 Å². The Bertz CT molecular complexity index is 457. The zero-order chi connectivity index (χ0) is 14.4. The molecular weight excluding hydrogens is 268 g/mol. The summed E-state index contributed by atoms with van der Waals surface area (Å²) in [5.74, 6) is -1.21. The first-order valence-corrected chi connectivity index (χ1v) is 6.74. The minimum absolute atomic E-state index is 0.0789. The highest BCUT2D eigenvalue weighted by atomic mass is 35.5. The number of carboxylic acid groups (broad SMARTS) is 1. The summed E-state index contributed by atoms with van der Waals surface area (Å²) in [6, 6.07) is 1.23. The van der Waals surface area contributed by atoms with E-state index in [9.17, 15) is 9.59 Å². The molecule has 1 aromatic heterocycles. The van der Waals surface area contributed by atoms with Gasteiger partial charge in [0.05, 0.1) is 11.4 Å². The lowest BCUT2D eigenvalue weighted by Gasteiger charge is -2.15. The summed E-state index contributed by atoms with van der Waals surface area (Å²) >= 11 is 5.91. The highest BCUT2D eigenvalue weighted by Crippen LogP contribution is 2.15. The van der Waals surface area contributed by atoms with Gasteiger partial charge in [-0.25, -0.2) is 0 Å². The van der Waals surface area contributed by atoms with Gasteiger partial charge >= 0.3 is 5.97 Å². The average Bonchev–Trinajstić information content (AvgIpc) is 2.69. The largest absolute Gasteiger partial charge is 0.481 e. The number of aromatic nitrogens is 1. The van der Waals surface area contributed by atoms with E-state index in [0.29, 0.717) is 23.7 Å². The van der Waals surface area contributed by atoms with E-state index in [-0.39, 0.29) is 18.4 Å². The molecule has 0 aromatic carbocycles. The van der Waals surface area contributed by atoms with Crippen LogP contribution < -0.4 is 5.32 Å². The molecule has 0 radical (unpaired) electrons. The second-order valence-electron chi connectivity index (χ2n) is 4.41. The zero-order valence-corrected chi connectivity index (χ0v) is 11.9. The third-order valence-electron chi connectivity index (χ3n) is 2.81. The fourth-order valence-corrected chi connectivity index (χ4v) is 2.08. The van der Waals surface area contributed by atoms with Crippen LogP contribution in [0.1, 0.15) is 43.6 Å². The van der Waals surface area contributed by atoms with Crippen LogP contribution in [0, 0.1) is 0 Å². The molecular formula is C13H19ClN2O3. The SMILES string of the molecule is CCCn1cc(Cl)cc1C(=O)NC(CC)CC(=O)O. The lowest BCUT2D eigenvalue weighted by Crippen LogP contribution is -2.37. The number of amides is 1. The molecule has 1 heterocycles. The van der Waals surface area contributed by atoms with Crippen molar-refractivity contribution in [1.29, 1.82) is 0 Å². The Hall–Kier alpha value is -1.49. The molecule has 6 heteroatoms. The maximum Gasteiger partial charge on any atom is 0.305 e. The van der Waals surface area contributed by atoms with Gasteiger partial charge in [-0.1, -0.05) is 25.4 Å². The van der Waals surface area contributed by atoms with Gasteiger partial charge in [-0.15, -0.1) is 0 Å². The van der Waals surface area contributed by atoms with Crippen molar-refractivity contribution < 1.29 is 14.7 Å². The molecule has 0 fully saturated rings. The van der Waals surface area contributed by atoms with Crippen LogP contribution in [0.2, 0.25) is 5.02 Å². The molecule has 5 nitrogen and oxygen atoms in total. The van der Waals surface area contributed by atoms with Crippen LogP contribution in [0.3, 0.4) is 0 Å². The second kappa shape index (κ2) is 7.19. The number of carbonyl (C=O) groups excluding carboxylic acids is 1. The predicted octanol–water partition coefficient (Wildman–Crippen LogP) is 2.53. The molecule has 0 aliphatic heterocycles. The number of carboxylic acids is 1. The van der Waals surface area contributed by atoms with Crippen LogP contribution >= 0.6 is 11.6 Å². The second-order valence-corrected chi connectivity index (χ2v) is 4.85. The number of hydrogen-bond donors (Lipinski definition) is 2. The van der Waals surface area contributed by atoms with Crippen molar-refractivity contribution >= 4 is 23.5 Å². The Morgan fingerprint density at radius 3 is 2.68 bits per heavy atom. The van der Waals surface area contributed by atoms with Gasteiger partial charge in [0, 0.05) is 18.8 Å². The van der Waals surface area contributed by atoms with Crippen LogP contribution in [0.4, 0.5) is 0 Å². The fraction of sp³-hybridized carbons (Fsp3) is 0.538. The van der Waals surface area contributed by atoms with Crippen LogP contribution in [-0.2, 0) is 11.3 Å². The van der Waals surface area contributed by atoms with Gasteiger partial charge in [0.1, 0.15) is 5.69 Å². The smallest absolute Gasteiger partial charge is 0.305 e. The van der Waals surface area contributed by atoms with E-state index in [1.54, 1.807) is 16.8 Å². The van der Waals surface area contributed by atoms with Crippen molar-refractivity contribution in [3.8, 4) is 0 Å². The molecule has 1 amide bonds. The van der Waals surface area contributed by atoms with Crippen molar-refractivity contribution in [1.82, 2.24) is 9.88 Å². The molecule has 19 heavy (non-hydrogen) atoms. The normalized spacial score (nSPS) is 12.2. The van der Waals surface area contributed by atoms with Gasteiger partial charge in [0.25, 0.3) is 5.91 Å². The fourth-order valence-electron chi connectivity index (χ4n) is 1.86. The van der Waals surface area contributed by atoms with Gasteiger partial charge < -0.3 is 15.0 Å². The third-order valence-corrected chi connectivity index (χ3v) is 3.02. The molecule has 2 N–H and O–H groups in total. The average molecular weight is 287 g/mol. The molecule has 0 aliphatic rings. The summed E-state index contributed by atoms with van der Waals surface area (Å²) in [5.41, 5.74) is 0.468. The van der Waals surface area contributed by atoms with Crippen molar-refractivity contribution in [3.05, 3.63) is 23.0 Å². The summed E-state index contributed by atoms with van der Waals surface area (Å²) in [6.07, 6.45) is 3.08. The van der Waals surface area contributed by atoms with Crippen molar-refractivity contribution in [3.63, 3.8) is 0 Å². The predicted molar refractivity (Wildman–Crippen MR) is 73.5 cm³/mol. The highest BCUT2D eigenvalue weighted by Gasteiger charge is 2.18. The summed E-state index contributed by atoms with van der Waals surface area (Å²) in [7, 11) is 0. The quantitative estimate of drug-likeness (QED) is 0.809.